The molecule has 1 aromatic carbocycles. The monoisotopic (exact) mass is 267 g/mol. The van der Waals surface area contributed by atoms with Crippen molar-refractivity contribution in [2.45, 2.75) is 13.0 Å². The van der Waals surface area contributed by atoms with Crippen molar-refractivity contribution >= 4 is 23.2 Å². The second kappa shape index (κ2) is 7.05. The summed E-state index contributed by atoms with van der Waals surface area (Å²) in [5, 5.41) is 0.611. The summed E-state index contributed by atoms with van der Waals surface area (Å²) in [5.41, 5.74) is 0.915. The minimum atomic E-state index is -2.34. The van der Waals surface area contributed by atoms with E-state index in [2.05, 4.69) is 0 Å². The average molecular weight is 268 g/mol. The minimum Gasteiger partial charge on any atom is -0.292 e. The predicted molar refractivity (Wildman–Crippen MR) is 63.5 cm³/mol. The van der Waals surface area contributed by atoms with Gasteiger partial charge in [0.05, 0.1) is 6.54 Å². The van der Waals surface area contributed by atoms with Gasteiger partial charge < -0.3 is 0 Å². The van der Waals surface area contributed by atoms with E-state index in [0.717, 1.165) is 5.56 Å². The van der Waals surface area contributed by atoms with Gasteiger partial charge >= 0.3 is 0 Å². The van der Waals surface area contributed by atoms with Crippen LogP contribution in [0.15, 0.2) is 24.3 Å². The summed E-state index contributed by atoms with van der Waals surface area (Å²) in [4.78, 5) is 1.61. The number of halogens is 4. The molecule has 0 radical (unpaired) electrons. The normalized spacial score (nSPS) is 11.4. The average Bonchev–Trinajstić information content (AvgIpc) is 2.16. The van der Waals surface area contributed by atoms with Crippen molar-refractivity contribution in [3.05, 3.63) is 34.9 Å². The summed E-state index contributed by atoms with van der Waals surface area (Å²) in [5.74, 6) is 0.341. The van der Waals surface area contributed by atoms with Crippen molar-refractivity contribution in [3.8, 4) is 0 Å². The highest BCUT2D eigenvalue weighted by molar-refractivity contribution is 6.30. The van der Waals surface area contributed by atoms with Crippen LogP contribution in [-0.4, -0.2) is 30.3 Å². The van der Waals surface area contributed by atoms with Gasteiger partial charge in [-0.05, 0) is 17.7 Å². The molecule has 16 heavy (non-hydrogen) atoms. The van der Waals surface area contributed by atoms with Crippen LogP contribution in [-0.2, 0) is 6.54 Å². The van der Waals surface area contributed by atoms with E-state index < -0.39 is 6.43 Å². The van der Waals surface area contributed by atoms with Gasteiger partial charge in [-0.25, -0.2) is 8.78 Å². The van der Waals surface area contributed by atoms with E-state index in [1.54, 1.807) is 23.1 Å². The Kier molecular flexibility index (Phi) is 6.03. The zero-order valence-corrected chi connectivity index (χ0v) is 10.2. The number of alkyl halides is 3. The maximum atomic E-state index is 12.3. The molecule has 5 heteroatoms. The van der Waals surface area contributed by atoms with Crippen molar-refractivity contribution < 1.29 is 8.78 Å². The van der Waals surface area contributed by atoms with Gasteiger partial charge in [-0.2, -0.15) is 0 Å². The second-order valence-corrected chi connectivity index (χ2v) is 4.26. The van der Waals surface area contributed by atoms with Crippen LogP contribution in [0.3, 0.4) is 0 Å². The minimum absolute atomic E-state index is 0.265. The number of hydrogen-bond acceptors (Lipinski definition) is 1. The first-order chi connectivity index (χ1) is 7.61. The Morgan fingerprint density at radius 3 is 2.62 bits per heavy atom. The highest BCUT2D eigenvalue weighted by Gasteiger charge is 2.11. The third kappa shape index (κ3) is 5.10. The SMILES string of the molecule is FC(F)CN(CCCl)Cc1cccc(Cl)c1. The Labute approximate surface area is 104 Å². The Morgan fingerprint density at radius 2 is 2.06 bits per heavy atom. The third-order valence-corrected chi connectivity index (χ3v) is 2.50. The molecule has 0 spiro atoms. The summed E-state index contributed by atoms with van der Waals surface area (Å²) in [6.45, 7) is 0.620. The molecule has 1 rings (SSSR count). The summed E-state index contributed by atoms with van der Waals surface area (Å²) in [7, 11) is 0. The number of benzene rings is 1. The van der Waals surface area contributed by atoms with E-state index >= 15 is 0 Å². The Morgan fingerprint density at radius 1 is 1.31 bits per heavy atom. The molecule has 0 fully saturated rings. The molecule has 1 nitrogen and oxygen atoms in total. The molecule has 0 N–H and O–H groups in total. The fourth-order valence-corrected chi connectivity index (χ4v) is 1.90. The third-order valence-electron chi connectivity index (χ3n) is 2.09. The van der Waals surface area contributed by atoms with E-state index in [1.165, 1.54) is 0 Å². The van der Waals surface area contributed by atoms with E-state index in [0.29, 0.717) is 24.0 Å². The molecule has 0 heterocycles. The van der Waals surface area contributed by atoms with Gasteiger partial charge in [0, 0.05) is 24.0 Å². The van der Waals surface area contributed by atoms with Crippen molar-refractivity contribution in [1.82, 2.24) is 4.90 Å². The van der Waals surface area contributed by atoms with Gasteiger partial charge in [0.25, 0.3) is 6.43 Å². The molecular formula is C11H13Cl2F2N. The van der Waals surface area contributed by atoms with E-state index in [4.69, 9.17) is 23.2 Å². The topological polar surface area (TPSA) is 3.24 Å². The molecule has 90 valence electrons. The molecule has 0 aliphatic heterocycles. The van der Waals surface area contributed by atoms with Gasteiger partial charge in [0.1, 0.15) is 0 Å². The Hall–Kier alpha value is -0.380. The molecule has 0 atom stereocenters. The lowest BCUT2D eigenvalue weighted by Crippen LogP contribution is -2.30. The van der Waals surface area contributed by atoms with Gasteiger partial charge in [-0.1, -0.05) is 23.7 Å². The quantitative estimate of drug-likeness (QED) is 0.712. The standard InChI is InChI=1S/C11H13Cl2F2N/c12-4-5-16(8-11(14)15)7-9-2-1-3-10(13)6-9/h1-3,6,11H,4-5,7-8H2. The van der Waals surface area contributed by atoms with Crippen LogP contribution in [0.1, 0.15) is 5.56 Å². The molecular weight excluding hydrogens is 255 g/mol. The zero-order valence-electron chi connectivity index (χ0n) is 8.67. The number of rotatable bonds is 6. The largest absolute Gasteiger partial charge is 0.292 e. The van der Waals surface area contributed by atoms with Gasteiger partial charge in [-0.3, -0.25) is 4.90 Å². The molecule has 0 aromatic heterocycles. The molecule has 0 aliphatic carbocycles. The van der Waals surface area contributed by atoms with Crippen LogP contribution in [0.25, 0.3) is 0 Å². The first kappa shape index (κ1) is 13.7. The fourth-order valence-electron chi connectivity index (χ4n) is 1.44. The van der Waals surface area contributed by atoms with Crippen LogP contribution in [0.2, 0.25) is 5.02 Å². The molecule has 0 bridgehead atoms. The molecule has 0 unspecified atom stereocenters. The molecule has 1 aromatic rings. The maximum Gasteiger partial charge on any atom is 0.251 e. The Bertz CT molecular complexity index is 321. The van der Waals surface area contributed by atoms with Crippen molar-refractivity contribution in [3.63, 3.8) is 0 Å². The van der Waals surface area contributed by atoms with Gasteiger partial charge in [0.2, 0.25) is 0 Å². The van der Waals surface area contributed by atoms with Crippen molar-refractivity contribution in [1.29, 1.82) is 0 Å². The highest BCUT2D eigenvalue weighted by Crippen LogP contribution is 2.13. The lowest BCUT2D eigenvalue weighted by molar-refractivity contribution is 0.0878. The summed E-state index contributed by atoms with van der Waals surface area (Å²) in [6, 6.07) is 7.19. The van der Waals surface area contributed by atoms with Gasteiger partial charge in [-0.15, -0.1) is 11.6 Å². The molecule has 0 amide bonds. The highest BCUT2D eigenvalue weighted by atomic mass is 35.5. The van der Waals surface area contributed by atoms with Crippen LogP contribution in [0.5, 0.6) is 0 Å². The van der Waals surface area contributed by atoms with Crippen LogP contribution >= 0.6 is 23.2 Å². The summed E-state index contributed by atoms with van der Waals surface area (Å²) >= 11 is 11.4. The van der Waals surface area contributed by atoms with Crippen molar-refractivity contribution in [2.75, 3.05) is 19.0 Å². The maximum absolute atomic E-state index is 12.3. The number of hydrogen-bond donors (Lipinski definition) is 0. The first-order valence-electron chi connectivity index (χ1n) is 4.92. The van der Waals surface area contributed by atoms with E-state index in [1.807, 2.05) is 6.07 Å². The van der Waals surface area contributed by atoms with Crippen molar-refractivity contribution in [2.24, 2.45) is 0 Å². The number of nitrogens with zero attached hydrogens (tertiary/aromatic N) is 1. The van der Waals surface area contributed by atoms with Crippen LogP contribution in [0, 0.1) is 0 Å². The van der Waals surface area contributed by atoms with E-state index in [9.17, 15) is 8.78 Å². The van der Waals surface area contributed by atoms with Crippen LogP contribution < -0.4 is 0 Å². The second-order valence-electron chi connectivity index (χ2n) is 3.45. The smallest absolute Gasteiger partial charge is 0.251 e. The lowest BCUT2D eigenvalue weighted by atomic mass is 10.2. The molecule has 0 aliphatic rings. The summed E-state index contributed by atoms with van der Waals surface area (Å²) in [6.07, 6.45) is -2.34. The lowest BCUT2D eigenvalue weighted by Gasteiger charge is -2.20. The molecule has 0 saturated heterocycles. The van der Waals surface area contributed by atoms with E-state index in [-0.39, 0.29) is 6.54 Å². The first-order valence-corrected chi connectivity index (χ1v) is 5.84. The Balaban J connectivity index is 2.60. The van der Waals surface area contributed by atoms with Crippen LogP contribution in [0.4, 0.5) is 8.78 Å². The summed E-state index contributed by atoms with van der Waals surface area (Å²) < 4.78 is 24.6. The zero-order chi connectivity index (χ0) is 12.0. The van der Waals surface area contributed by atoms with Gasteiger partial charge in [0.15, 0.2) is 0 Å². The fraction of sp³-hybridized carbons (Fsp3) is 0.455. The molecule has 0 saturated carbocycles. The predicted octanol–water partition coefficient (Wildman–Crippen LogP) is 3.65.